The molecule has 16 nitrogen and oxygen atoms in total. The maximum atomic E-state index is 13.0. The monoisotopic (exact) mass is 1630 g/mol. The van der Waals surface area contributed by atoms with Crippen molar-refractivity contribution in [3.05, 3.63) is 97.2 Å². The summed E-state index contributed by atoms with van der Waals surface area (Å²) in [4.78, 5) is 58.8. The Morgan fingerprint density at radius 3 is 0.717 bits per heavy atom. The first kappa shape index (κ1) is 109. The van der Waals surface area contributed by atoms with Crippen molar-refractivity contribution in [1.29, 1.82) is 0 Å². The lowest BCUT2D eigenvalue weighted by atomic mass is 10.0. The highest BCUT2D eigenvalue weighted by Gasteiger charge is 2.30. The fourth-order valence-electron chi connectivity index (χ4n) is 13.2. The second kappa shape index (κ2) is 87.8. The Morgan fingerprint density at radius 2 is 0.442 bits per heavy atom. The largest absolute Gasteiger partial charge is 0.472 e. The number of ether oxygens (including phenoxy) is 3. The Morgan fingerprint density at radius 1 is 0.248 bits per heavy atom. The first-order chi connectivity index (χ1) is 55.2. The quantitative estimate of drug-likeness (QED) is 0.0146. The Balaban J connectivity index is 4.36. The van der Waals surface area contributed by atoms with Crippen LogP contribution in [0.2, 0.25) is 0 Å². The van der Waals surface area contributed by atoms with Gasteiger partial charge in [-0.3, -0.25) is 32.5 Å². The molecule has 5 unspecified atom stereocenters. The maximum Gasteiger partial charge on any atom is 0.472 e. The molecule has 658 valence electrons. The second-order valence-corrected chi connectivity index (χ2v) is 34.4. The molecule has 113 heavy (non-hydrogen) atoms. The van der Waals surface area contributed by atoms with Gasteiger partial charge in [-0.25, -0.2) is 9.13 Å². The fourth-order valence-corrected chi connectivity index (χ4v) is 14.8. The van der Waals surface area contributed by atoms with Gasteiger partial charge in [-0.1, -0.05) is 401 Å². The molecule has 0 radical (unpaired) electrons. The molecule has 5 atom stereocenters. The van der Waals surface area contributed by atoms with E-state index in [-0.39, 0.29) is 19.3 Å². The molecular formula is C95H172O16P2. The molecular weight excluding hydrogens is 1460 g/mol. The van der Waals surface area contributed by atoms with Crippen molar-refractivity contribution >= 4 is 33.6 Å². The van der Waals surface area contributed by atoms with Crippen LogP contribution < -0.4 is 0 Å². The Bertz CT molecular complexity index is 2440. The first-order valence-corrected chi connectivity index (χ1v) is 49.5. The Hall–Kier alpha value is -3.53. The molecule has 0 spiro atoms. The van der Waals surface area contributed by atoms with Gasteiger partial charge in [0.1, 0.15) is 25.4 Å². The van der Waals surface area contributed by atoms with Crippen molar-refractivity contribution in [3.8, 4) is 0 Å². The summed E-state index contributed by atoms with van der Waals surface area (Å²) in [6.45, 7) is 2.71. The van der Waals surface area contributed by atoms with Crippen molar-refractivity contribution in [2.24, 2.45) is 0 Å². The number of esters is 3. The third-order valence-corrected chi connectivity index (χ3v) is 22.2. The number of rotatable bonds is 89. The van der Waals surface area contributed by atoms with Crippen LogP contribution in [0.5, 0.6) is 0 Å². The highest BCUT2D eigenvalue weighted by molar-refractivity contribution is 7.47. The van der Waals surface area contributed by atoms with E-state index in [1.807, 2.05) is 0 Å². The van der Waals surface area contributed by atoms with Gasteiger partial charge in [0.25, 0.3) is 0 Å². The van der Waals surface area contributed by atoms with E-state index in [1.54, 1.807) is 0 Å². The molecule has 0 bridgehead atoms. The van der Waals surface area contributed by atoms with Crippen LogP contribution in [0.15, 0.2) is 97.2 Å². The van der Waals surface area contributed by atoms with Gasteiger partial charge in [-0.05, 0) is 109 Å². The summed E-state index contributed by atoms with van der Waals surface area (Å²) in [5.74, 6) is -1.55. The van der Waals surface area contributed by atoms with Crippen molar-refractivity contribution in [1.82, 2.24) is 0 Å². The first-order valence-electron chi connectivity index (χ1n) is 46.5. The van der Waals surface area contributed by atoms with Crippen LogP contribution in [0.1, 0.15) is 432 Å². The molecule has 0 aromatic carbocycles. The number of hydrogen-bond donors (Lipinski definition) is 4. The third-order valence-electron chi connectivity index (χ3n) is 20.3. The summed E-state index contributed by atoms with van der Waals surface area (Å²) in [5, 5.41) is 20.7. The van der Waals surface area contributed by atoms with Gasteiger partial charge in [0.2, 0.25) is 0 Å². The third kappa shape index (κ3) is 89.1. The van der Waals surface area contributed by atoms with Gasteiger partial charge in [-0.15, -0.1) is 0 Å². The van der Waals surface area contributed by atoms with Crippen molar-refractivity contribution in [3.63, 3.8) is 0 Å². The van der Waals surface area contributed by atoms with Crippen LogP contribution >= 0.6 is 15.6 Å². The highest BCUT2D eigenvalue weighted by atomic mass is 31.2. The van der Waals surface area contributed by atoms with Crippen molar-refractivity contribution in [2.75, 3.05) is 39.6 Å². The number of unbranched alkanes of at least 4 members (excludes halogenated alkanes) is 50. The van der Waals surface area contributed by atoms with E-state index >= 15 is 0 Å². The molecule has 0 saturated carbocycles. The maximum absolute atomic E-state index is 13.0. The van der Waals surface area contributed by atoms with E-state index in [2.05, 4.69) is 118 Å². The molecule has 18 heteroatoms. The minimum absolute atomic E-state index is 0.110. The standard InChI is InChI=1S/C95H172O16P2/c1-4-7-10-13-16-19-22-25-27-29-31-33-35-37-39-41-42-43-44-45-46-48-50-51-53-55-57-59-61-64-66-69-72-75-78-81-93(98)105-84-90(96)85-107-112(101,102)108-86-91(97)87-109-113(103,104)110-89-92(111-95(100)83-80-77-74-71-68-63-24-21-18-15-12-9-6-3)88-106-94(99)82-79-76-73-70-67-65-62-60-58-56-54-52-49-47-40-38-36-34-32-30-28-26-23-20-17-14-11-8-5-2/h16-17,19-20,25-28,31-34,37-40,90-92,96-97H,4-15,18,21-24,29-30,35-36,41-89H2,1-3H3,(H,101,102)(H,103,104)/b19-16-,20-17-,27-25-,28-26-,33-31-,34-32-,39-37-,40-38-. The molecule has 4 N–H and O–H groups in total. The molecule has 0 aliphatic carbocycles. The topological polar surface area (TPSA) is 231 Å². The van der Waals surface area contributed by atoms with Crippen molar-refractivity contribution < 1.29 is 75.8 Å². The van der Waals surface area contributed by atoms with E-state index in [9.17, 15) is 43.5 Å². The molecule has 0 aliphatic heterocycles. The minimum Gasteiger partial charge on any atom is -0.463 e. The van der Waals surface area contributed by atoms with E-state index < -0.39 is 91.5 Å². The average Bonchev–Trinajstić information content (AvgIpc) is 0.903. The molecule has 0 saturated heterocycles. The number of hydrogen-bond acceptors (Lipinski definition) is 14. The van der Waals surface area contributed by atoms with E-state index in [4.69, 9.17) is 32.3 Å². The van der Waals surface area contributed by atoms with Crippen LogP contribution in [0.4, 0.5) is 0 Å². The lowest BCUT2D eigenvalue weighted by molar-refractivity contribution is -0.161. The minimum atomic E-state index is -4.93. The second-order valence-electron chi connectivity index (χ2n) is 31.5. The smallest absolute Gasteiger partial charge is 0.463 e. The summed E-state index contributed by atoms with van der Waals surface area (Å²) in [6, 6.07) is 0. The number of allylic oxidation sites excluding steroid dienone is 16. The predicted octanol–water partition coefficient (Wildman–Crippen LogP) is 28.4. The zero-order chi connectivity index (χ0) is 82.2. The molecule has 0 amide bonds. The van der Waals surface area contributed by atoms with Crippen LogP contribution in [0.3, 0.4) is 0 Å². The van der Waals surface area contributed by atoms with Gasteiger partial charge in [0, 0.05) is 19.3 Å². The molecule has 0 rings (SSSR count). The molecule has 0 fully saturated rings. The van der Waals surface area contributed by atoms with E-state index in [1.165, 1.54) is 263 Å². The molecule has 0 aromatic heterocycles. The SMILES string of the molecule is CCCCC/C=C\C/C=C\C/C=C\C/C=C\CCCCCCCCCCCCCCCCCCCCCC(=O)OCC(O)COP(=O)(O)OCC(O)COP(=O)(O)OCC(COC(=O)CCCCCCCCCCCCCCC/C=C\C/C=C\C/C=C\C/C=C\CCCCC)OC(=O)CCCCCCCCCCCCCCC. The normalized spacial score (nSPS) is 14.2. The number of phosphoric acid groups is 2. The zero-order valence-corrected chi connectivity index (χ0v) is 74.3. The zero-order valence-electron chi connectivity index (χ0n) is 72.5. The van der Waals surface area contributed by atoms with E-state index in [0.717, 1.165) is 109 Å². The molecule has 0 aromatic rings. The number of carbonyl (C=O) groups excluding carboxylic acids is 3. The average molecular weight is 1630 g/mol. The molecule has 0 heterocycles. The van der Waals surface area contributed by atoms with Gasteiger partial charge in [-0.2, -0.15) is 0 Å². The van der Waals surface area contributed by atoms with Crippen LogP contribution in [-0.4, -0.2) is 95.9 Å². The van der Waals surface area contributed by atoms with Crippen LogP contribution in [-0.2, 0) is 55.8 Å². The summed E-state index contributed by atoms with van der Waals surface area (Å²) < 4.78 is 61.4. The Labute approximate surface area is 692 Å². The van der Waals surface area contributed by atoms with Crippen LogP contribution in [0, 0.1) is 0 Å². The van der Waals surface area contributed by atoms with Gasteiger partial charge < -0.3 is 34.2 Å². The lowest BCUT2D eigenvalue weighted by Gasteiger charge is -2.21. The number of aliphatic hydroxyl groups is 2. The summed E-state index contributed by atoms with van der Waals surface area (Å²) >= 11 is 0. The number of aliphatic hydroxyl groups excluding tert-OH is 2. The van der Waals surface area contributed by atoms with Crippen LogP contribution in [0.25, 0.3) is 0 Å². The predicted molar refractivity (Wildman–Crippen MR) is 473 cm³/mol. The highest BCUT2D eigenvalue weighted by Crippen LogP contribution is 2.45. The van der Waals surface area contributed by atoms with Gasteiger partial charge in [0.15, 0.2) is 6.10 Å². The lowest BCUT2D eigenvalue weighted by Crippen LogP contribution is -2.30. The summed E-state index contributed by atoms with van der Waals surface area (Å²) in [5.41, 5.74) is 0. The summed E-state index contributed by atoms with van der Waals surface area (Å²) in [6.07, 6.45) is 105. The molecule has 0 aliphatic rings. The number of carbonyl (C=O) groups is 3. The fraction of sp³-hybridized carbons (Fsp3) is 0.800. The van der Waals surface area contributed by atoms with Gasteiger partial charge in [0.05, 0.1) is 26.4 Å². The number of phosphoric ester groups is 2. The van der Waals surface area contributed by atoms with Gasteiger partial charge >= 0.3 is 33.6 Å². The Kier molecular flexibility index (Phi) is 85.0. The van der Waals surface area contributed by atoms with E-state index in [0.29, 0.717) is 19.3 Å². The van der Waals surface area contributed by atoms with Crippen molar-refractivity contribution in [2.45, 2.75) is 450 Å². The summed E-state index contributed by atoms with van der Waals surface area (Å²) in [7, 11) is -9.78.